The number of aromatic nitrogens is 1. The molecule has 0 radical (unpaired) electrons. The summed E-state index contributed by atoms with van der Waals surface area (Å²) in [6.45, 7) is 4.86. The molecule has 3 fully saturated rings. The maximum absolute atomic E-state index is 12.2. The molecule has 0 aromatic carbocycles. The summed E-state index contributed by atoms with van der Waals surface area (Å²) in [6.07, 6.45) is 11.2. The van der Waals surface area contributed by atoms with Gasteiger partial charge in [-0.15, -0.1) is 11.3 Å². The molecule has 0 bridgehead atoms. The van der Waals surface area contributed by atoms with Gasteiger partial charge in [-0.1, -0.05) is 19.9 Å². The van der Waals surface area contributed by atoms with Crippen LogP contribution in [0, 0.1) is 28.6 Å². The van der Waals surface area contributed by atoms with Gasteiger partial charge in [0.05, 0.1) is 5.69 Å². The van der Waals surface area contributed by atoms with E-state index in [2.05, 4.69) is 30.3 Å². The zero-order valence-corrected chi connectivity index (χ0v) is 18.4. The van der Waals surface area contributed by atoms with Crippen LogP contribution in [0.1, 0.15) is 73.8 Å². The molecule has 3 aliphatic carbocycles. The maximum Gasteiger partial charge on any atom is 0.277 e. The van der Waals surface area contributed by atoms with Crippen molar-refractivity contribution in [1.82, 2.24) is 9.88 Å². The maximum atomic E-state index is 12.2. The van der Waals surface area contributed by atoms with E-state index in [1.807, 2.05) is 18.0 Å². The molecule has 29 heavy (non-hydrogen) atoms. The number of carbonyl (C=O) groups excluding carboxylic acids is 2. The molecule has 6 heteroatoms. The molecule has 0 spiro atoms. The Morgan fingerprint density at radius 3 is 2.72 bits per heavy atom. The molecule has 5 nitrogen and oxygen atoms in total. The SMILES string of the molecule is CN1C(=O)C=C[C@@]2(C)C1CC[C@@H]1[C@H]2CC[C@]2(C)C(c3csc(C(N)=O)n3)CC[C@@H]12. The molecule has 2 heterocycles. The van der Waals surface area contributed by atoms with Gasteiger partial charge in [0.1, 0.15) is 0 Å². The number of fused-ring (bicyclic) bond motifs is 5. The van der Waals surface area contributed by atoms with Gasteiger partial charge < -0.3 is 10.6 Å². The fourth-order valence-electron chi connectivity index (χ4n) is 7.78. The highest BCUT2D eigenvalue weighted by atomic mass is 32.1. The summed E-state index contributed by atoms with van der Waals surface area (Å²) in [4.78, 5) is 30.4. The van der Waals surface area contributed by atoms with Crippen LogP contribution in [0.5, 0.6) is 0 Å². The molecule has 3 saturated carbocycles. The van der Waals surface area contributed by atoms with E-state index in [-0.39, 0.29) is 16.7 Å². The second kappa shape index (κ2) is 6.40. The lowest BCUT2D eigenvalue weighted by Crippen LogP contribution is -2.59. The van der Waals surface area contributed by atoms with E-state index < -0.39 is 5.91 Å². The smallest absolute Gasteiger partial charge is 0.277 e. The zero-order chi connectivity index (χ0) is 20.6. The van der Waals surface area contributed by atoms with Gasteiger partial charge in [-0.3, -0.25) is 9.59 Å². The van der Waals surface area contributed by atoms with Gasteiger partial charge in [0.15, 0.2) is 5.01 Å². The number of carbonyl (C=O) groups is 2. The minimum absolute atomic E-state index is 0.0881. The van der Waals surface area contributed by atoms with Crippen LogP contribution in [0.25, 0.3) is 0 Å². The average Bonchev–Trinajstić information content (AvgIpc) is 3.29. The van der Waals surface area contributed by atoms with Crippen molar-refractivity contribution < 1.29 is 9.59 Å². The van der Waals surface area contributed by atoms with E-state index in [1.165, 1.54) is 37.0 Å². The van der Waals surface area contributed by atoms with E-state index in [0.717, 1.165) is 18.5 Å². The summed E-state index contributed by atoms with van der Waals surface area (Å²) in [5, 5.41) is 2.50. The van der Waals surface area contributed by atoms with Crippen LogP contribution >= 0.6 is 11.3 Å². The van der Waals surface area contributed by atoms with E-state index in [0.29, 0.717) is 34.7 Å². The Balaban J connectivity index is 1.45. The molecule has 7 atom stereocenters. The lowest BCUT2D eigenvalue weighted by atomic mass is 9.47. The van der Waals surface area contributed by atoms with Crippen molar-refractivity contribution in [3.8, 4) is 0 Å². The first-order valence-electron chi connectivity index (χ1n) is 11.0. The second-order valence-corrected chi connectivity index (χ2v) is 11.1. The quantitative estimate of drug-likeness (QED) is 0.797. The molecule has 2 amide bonds. The van der Waals surface area contributed by atoms with Crippen LogP contribution in [0.15, 0.2) is 17.5 Å². The Morgan fingerprint density at radius 1 is 1.21 bits per heavy atom. The largest absolute Gasteiger partial charge is 0.364 e. The molecule has 156 valence electrons. The van der Waals surface area contributed by atoms with Crippen molar-refractivity contribution in [3.63, 3.8) is 0 Å². The number of primary amides is 1. The van der Waals surface area contributed by atoms with Gasteiger partial charge in [-0.2, -0.15) is 0 Å². The van der Waals surface area contributed by atoms with Crippen LogP contribution in [-0.4, -0.2) is 34.8 Å². The first kappa shape index (κ1) is 19.3. The van der Waals surface area contributed by atoms with Crippen LogP contribution in [0.4, 0.5) is 0 Å². The summed E-state index contributed by atoms with van der Waals surface area (Å²) >= 11 is 1.39. The molecule has 4 aliphatic rings. The lowest BCUT2D eigenvalue weighted by Gasteiger charge is -2.60. The average molecular weight is 414 g/mol. The van der Waals surface area contributed by atoms with E-state index in [9.17, 15) is 9.59 Å². The van der Waals surface area contributed by atoms with E-state index in [1.54, 1.807) is 0 Å². The minimum Gasteiger partial charge on any atom is -0.364 e. The molecule has 1 aromatic heterocycles. The molecule has 1 aliphatic heterocycles. The molecule has 5 rings (SSSR count). The monoisotopic (exact) mass is 413 g/mol. The standard InChI is InChI=1S/C23H31N3O2S/c1-22-10-8-15-13(4-7-18-23(15,2)11-9-19(27)26(18)3)14(22)5-6-16(22)17-12-29-21(25-17)20(24)28/h9,11-16,18H,4-8,10H2,1-3H3,(H2,24,28)/t13-,14-,15+,16?,18?,22-,23+/m0/s1. The van der Waals surface area contributed by atoms with Crippen molar-refractivity contribution in [2.24, 2.45) is 34.3 Å². The fraction of sp³-hybridized carbons (Fsp3) is 0.696. The van der Waals surface area contributed by atoms with Crippen molar-refractivity contribution in [2.75, 3.05) is 7.05 Å². The molecular weight excluding hydrogens is 382 g/mol. The molecule has 2 N–H and O–H groups in total. The summed E-state index contributed by atoms with van der Waals surface area (Å²) in [7, 11) is 1.98. The Kier molecular flexibility index (Phi) is 4.26. The summed E-state index contributed by atoms with van der Waals surface area (Å²) < 4.78 is 0. The van der Waals surface area contributed by atoms with Gasteiger partial charge in [0.2, 0.25) is 5.91 Å². The molecular formula is C23H31N3O2S. The van der Waals surface area contributed by atoms with Crippen molar-refractivity contribution >= 4 is 23.2 Å². The third-order valence-corrected chi connectivity index (χ3v) is 10.1. The van der Waals surface area contributed by atoms with Gasteiger partial charge in [0, 0.05) is 29.8 Å². The van der Waals surface area contributed by atoms with Gasteiger partial charge in [-0.05, 0) is 67.8 Å². The van der Waals surface area contributed by atoms with Crippen LogP contribution in [0.3, 0.4) is 0 Å². The molecule has 0 saturated heterocycles. The first-order valence-corrected chi connectivity index (χ1v) is 11.8. The van der Waals surface area contributed by atoms with E-state index >= 15 is 0 Å². The number of amides is 2. The topological polar surface area (TPSA) is 76.3 Å². The highest BCUT2D eigenvalue weighted by Crippen LogP contribution is 2.67. The number of rotatable bonds is 2. The Labute approximate surface area is 176 Å². The van der Waals surface area contributed by atoms with Crippen LogP contribution < -0.4 is 5.73 Å². The van der Waals surface area contributed by atoms with Crippen LogP contribution in [0.2, 0.25) is 0 Å². The Hall–Kier alpha value is -1.69. The van der Waals surface area contributed by atoms with Crippen LogP contribution in [-0.2, 0) is 4.79 Å². The molecule has 2 unspecified atom stereocenters. The third-order valence-electron chi connectivity index (χ3n) is 9.22. The van der Waals surface area contributed by atoms with Crippen molar-refractivity contribution in [3.05, 3.63) is 28.2 Å². The number of likely N-dealkylation sites (N-methyl/N-ethyl adjacent to an activating group) is 1. The van der Waals surface area contributed by atoms with Gasteiger partial charge >= 0.3 is 0 Å². The Bertz CT molecular complexity index is 894. The zero-order valence-electron chi connectivity index (χ0n) is 17.6. The second-order valence-electron chi connectivity index (χ2n) is 10.2. The number of thiazole rings is 1. The van der Waals surface area contributed by atoms with E-state index in [4.69, 9.17) is 5.73 Å². The van der Waals surface area contributed by atoms with Gasteiger partial charge in [-0.25, -0.2) is 4.98 Å². The van der Waals surface area contributed by atoms with Crippen molar-refractivity contribution in [2.45, 2.75) is 64.3 Å². The summed E-state index contributed by atoms with van der Waals surface area (Å²) in [5.74, 6) is 2.20. The fourth-order valence-corrected chi connectivity index (χ4v) is 8.51. The first-order chi connectivity index (χ1) is 13.8. The lowest BCUT2D eigenvalue weighted by molar-refractivity contribution is -0.138. The number of hydrogen-bond donors (Lipinski definition) is 1. The predicted molar refractivity (Wildman–Crippen MR) is 113 cm³/mol. The number of nitrogens with two attached hydrogens (primary N) is 1. The number of hydrogen-bond acceptors (Lipinski definition) is 4. The Morgan fingerprint density at radius 2 is 2.00 bits per heavy atom. The highest BCUT2D eigenvalue weighted by molar-refractivity contribution is 7.11. The summed E-state index contributed by atoms with van der Waals surface area (Å²) in [6, 6.07) is 0.333. The minimum atomic E-state index is -0.418. The number of nitrogens with zero attached hydrogens (tertiary/aromatic N) is 2. The predicted octanol–water partition coefficient (Wildman–Crippen LogP) is 3.97. The van der Waals surface area contributed by atoms with Crippen molar-refractivity contribution in [1.29, 1.82) is 0 Å². The summed E-state index contributed by atoms with van der Waals surface area (Å²) in [5.41, 5.74) is 6.86. The van der Waals surface area contributed by atoms with Gasteiger partial charge in [0.25, 0.3) is 5.91 Å². The molecule has 1 aromatic rings. The third kappa shape index (κ3) is 2.60. The highest BCUT2D eigenvalue weighted by Gasteiger charge is 2.60. The normalized spacial score (nSPS) is 43.6.